The molecule has 3 N–H and O–H groups in total. The fourth-order valence-electron chi connectivity index (χ4n) is 2.98. The SMILES string of the molecule is NC(CCCNC1CCCCCC1)c1ccccc1. The first-order valence-corrected chi connectivity index (χ1v) is 7.90. The summed E-state index contributed by atoms with van der Waals surface area (Å²) >= 11 is 0. The molecule has 0 amide bonds. The molecule has 19 heavy (non-hydrogen) atoms. The lowest BCUT2D eigenvalue weighted by Crippen LogP contribution is -2.29. The Morgan fingerprint density at radius 2 is 1.74 bits per heavy atom. The highest BCUT2D eigenvalue weighted by Gasteiger charge is 2.11. The molecule has 0 aliphatic heterocycles. The van der Waals surface area contributed by atoms with Crippen LogP contribution in [0.2, 0.25) is 0 Å². The van der Waals surface area contributed by atoms with E-state index in [1.54, 1.807) is 0 Å². The van der Waals surface area contributed by atoms with E-state index in [9.17, 15) is 0 Å². The van der Waals surface area contributed by atoms with Crippen molar-refractivity contribution in [2.45, 2.75) is 63.5 Å². The van der Waals surface area contributed by atoms with Crippen LogP contribution in [0.1, 0.15) is 63.0 Å². The first-order valence-electron chi connectivity index (χ1n) is 7.90. The topological polar surface area (TPSA) is 38.0 Å². The number of benzene rings is 1. The van der Waals surface area contributed by atoms with Crippen molar-refractivity contribution in [3.05, 3.63) is 35.9 Å². The summed E-state index contributed by atoms with van der Waals surface area (Å²) in [5, 5.41) is 3.71. The van der Waals surface area contributed by atoms with Crippen molar-refractivity contribution in [3.8, 4) is 0 Å². The molecule has 0 bridgehead atoms. The zero-order valence-electron chi connectivity index (χ0n) is 12.0. The van der Waals surface area contributed by atoms with Crippen LogP contribution in [0, 0.1) is 0 Å². The van der Waals surface area contributed by atoms with Gasteiger partial charge in [-0.1, -0.05) is 56.0 Å². The van der Waals surface area contributed by atoms with Gasteiger partial charge in [-0.3, -0.25) is 0 Å². The van der Waals surface area contributed by atoms with E-state index < -0.39 is 0 Å². The summed E-state index contributed by atoms with van der Waals surface area (Å²) in [4.78, 5) is 0. The third kappa shape index (κ3) is 5.33. The average Bonchev–Trinajstić information content (AvgIpc) is 2.73. The van der Waals surface area contributed by atoms with Gasteiger partial charge in [-0.15, -0.1) is 0 Å². The zero-order chi connectivity index (χ0) is 13.3. The molecule has 1 unspecified atom stereocenters. The Bertz CT molecular complexity index is 328. The third-order valence-electron chi connectivity index (χ3n) is 4.21. The molecule has 1 aliphatic carbocycles. The van der Waals surface area contributed by atoms with E-state index in [-0.39, 0.29) is 6.04 Å². The highest BCUT2D eigenvalue weighted by molar-refractivity contribution is 5.18. The molecule has 2 nitrogen and oxygen atoms in total. The van der Waals surface area contributed by atoms with Crippen LogP contribution in [0.3, 0.4) is 0 Å². The van der Waals surface area contributed by atoms with Gasteiger partial charge in [-0.2, -0.15) is 0 Å². The number of nitrogens with one attached hydrogen (secondary N) is 1. The van der Waals surface area contributed by atoms with Crippen molar-refractivity contribution in [1.29, 1.82) is 0 Å². The second-order valence-electron chi connectivity index (χ2n) is 5.80. The second-order valence-corrected chi connectivity index (χ2v) is 5.80. The molecule has 0 saturated heterocycles. The minimum absolute atomic E-state index is 0.192. The van der Waals surface area contributed by atoms with Crippen molar-refractivity contribution in [2.24, 2.45) is 5.73 Å². The van der Waals surface area contributed by atoms with Gasteiger partial charge in [-0.05, 0) is 37.8 Å². The lowest BCUT2D eigenvalue weighted by atomic mass is 10.0. The molecule has 1 saturated carbocycles. The Hall–Kier alpha value is -0.860. The molecule has 0 spiro atoms. The molecule has 1 fully saturated rings. The maximum atomic E-state index is 6.21. The minimum atomic E-state index is 0.192. The van der Waals surface area contributed by atoms with Crippen LogP contribution >= 0.6 is 0 Å². The van der Waals surface area contributed by atoms with E-state index in [0.717, 1.165) is 19.0 Å². The summed E-state index contributed by atoms with van der Waals surface area (Å²) in [6.45, 7) is 1.12. The Morgan fingerprint density at radius 1 is 1.05 bits per heavy atom. The lowest BCUT2D eigenvalue weighted by Gasteiger charge is -2.17. The standard InChI is InChI=1S/C17H28N2/c18-17(15-9-4-3-5-10-15)13-8-14-19-16-11-6-1-2-7-12-16/h3-5,9-10,16-17,19H,1-2,6-8,11-14,18H2. The largest absolute Gasteiger partial charge is 0.324 e. The van der Waals surface area contributed by atoms with Crippen molar-refractivity contribution in [1.82, 2.24) is 5.32 Å². The number of nitrogens with two attached hydrogens (primary N) is 1. The van der Waals surface area contributed by atoms with Crippen LogP contribution in [-0.4, -0.2) is 12.6 Å². The quantitative estimate of drug-likeness (QED) is 0.603. The molecule has 2 rings (SSSR count). The van der Waals surface area contributed by atoms with E-state index in [1.807, 2.05) is 6.07 Å². The molecule has 0 aromatic heterocycles. The van der Waals surface area contributed by atoms with Crippen LogP contribution in [-0.2, 0) is 0 Å². The van der Waals surface area contributed by atoms with Gasteiger partial charge in [0.2, 0.25) is 0 Å². The van der Waals surface area contributed by atoms with E-state index in [0.29, 0.717) is 0 Å². The summed E-state index contributed by atoms with van der Waals surface area (Å²) in [5.41, 5.74) is 7.47. The smallest absolute Gasteiger partial charge is 0.0295 e. The molecule has 1 aromatic carbocycles. The Morgan fingerprint density at radius 3 is 2.42 bits per heavy atom. The molecule has 1 atom stereocenters. The van der Waals surface area contributed by atoms with Gasteiger partial charge < -0.3 is 11.1 Å². The molecule has 1 aliphatic rings. The maximum Gasteiger partial charge on any atom is 0.0295 e. The van der Waals surface area contributed by atoms with Gasteiger partial charge in [0.15, 0.2) is 0 Å². The predicted octanol–water partition coefficient (Wildman–Crippen LogP) is 3.78. The van der Waals surface area contributed by atoms with Gasteiger partial charge in [0.05, 0.1) is 0 Å². The summed E-state index contributed by atoms with van der Waals surface area (Å²) < 4.78 is 0. The normalized spacial score (nSPS) is 19.0. The van der Waals surface area contributed by atoms with E-state index in [4.69, 9.17) is 5.73 Å². The molecule has 1 aromatic rings. The van der Waals surface area contributed by atoms with E-state index in [2.05, 4.69) is 29.6 Å². The van der Waals surface area contributed by atoms with Crippen LogP contribution in [0.5, 0.6) is 0 Å². The fourth-order valence-corrected chi connectivity index (χ4v) is 2.98. The van der Waals surface area contributed by atoms with Gasteiger partial charge >= 0.3 is 0 Å². The molecule has 2 heteroatoms. The van der Waals surface area contributed by atoms with Crippen LogP contribution < -0.4 is 11.1 Å². The lowest BCUT2D eigenvalue weighted by molar-refractivity contribution is 0.444. The van der Waals surface area contributed by atoms with Crippen molar-refractivity contribution >= 4 is 0 Å². The van der Waals surface area contributed by atoms with E-state index >= 15 is 0 Å². The van der Waals surface area contributed by atoms with Crippen molar-refractivity contribution in [2.75, 3.05) is 6.54 Å². The summed E-state index contributed by atoms with van der Waals surface area (Å²) in [7, 11) is 0. The number of hydrogen-bond donors (Lipinski definition) is 2. The van der Waals surface area contributed by atoms with Gasteiger partial charge in [0.1, 0.15) is 0 Å². The highest BCUT2D eigenvalue weighted by atomic mass is 14.9. The first-order chi connectivity index (χ1) is 9.36. The second kappa shape index (κ2) is 8.34. The molecular formula is C17H28N2. The average molecular weight is 260 g/mol. The van der Waals surface area contributed by atoms with Gasteiger partial charge in [-0.25, -0.2) is 0 Å². The molecular weight excluding hydrogens is 232 g/mol. The van der Waals surface area contributed by atoms with Crippen LogP contribution in [0.4, 0.5) is 0 Å². The molecule has 0 heterocycles. The fraction of sp³-hybridized carbons (Fsp3) is 0.647. The minimum Gasteiger partial charge on any atom is -0.324 e. The van der Waals surface area contributed by atoms with Crippen LogP contribution in [0.25, 0.3) is 0 Å². The third-order valence-corrected chi connectivity index (χ3v) is 4.21. The predicted molar refractivity (Wildman–Crippen MR) is 82.1 cm³/mol. The van der Waals surface area contributed by atoms with Crippen LogP contribution in [0.15, 0.2) is 30.3 Å². The summed E-state index contributed by atoms with van der Waals surface area (Å²) in [6, 6.07) is 11.4. The number of hydrogen-bond acceptors (Lipinski definition) is 2. The Kier molecular flexibility index (Phi) is 6.38. The van der Waals surface area contributed by atoms with Crippen molar-refractivity contribution in [3.63, 3.8) is 0 Å². The highest BCUT2D eigenvalue weighted by Crippen LogP contribution is 2.18. The van der Waals surface area contributed by atoms with Gasteiger partial charge in [0.25, 0.3) is 0 Å². The summed E-state index contributed by atoms with van der Waals surface area (Å²) in [5.74, 6) is 0. The van der Waals surface area contributed by atoms with E-state index in [1.165, 1.54) is 50.5 Å². The maximum absolute atomic E-state index is 6.21. The zero-order valence-corrected chi connectivity index (χ0v) is 12.0. The summed E-state index contributed by atoms with van der Waals surface area (Å²) in [6.07, 6.45) is 10.6. The molecule has 106 valence electrons. The molecule has 0 radical (unpaired) electrons. The first kappa shape index (κ1) is 14.5. The van der Waals surface area contributed by atoms with Crippen molar-refractivity contribution < 1.29 is 0 Å². The number of rotatable bonds is 6. The Labute approximate surface area is 117 Å². The Balaban J connectivity index is 1.61. The van der Waals surface area contributed by atoms with Gasteiger partial charge in [0, 0.05) is 12.1 Å². The monoisotopic (exact) mass is 260 g/mol.